The lowest BCUT2D eigenvalue weighted by atomic mass is 10.1. The summed E-state index contributed by atoms with van der Waals surface area (Å²) in [6.45, 7) is 0. The summed E-state index contributed by atoms with van der Waals surface area (Å²) < 4.78 is 2.09. The lowest BCUT2D eigenvalue weighted by Crippen LogP contribution is -2.15. The van der Waals surface area contributed by atoms with Crippen LogP contribution in [0.5, 0.6) is 0 Å². The predicted octanol–water partition coefficient (Wildman–Crippen LogP) is 5.03. The molecule has 3 aromatic carbocycles. The SMILES string of the molecule is O=C(CSc1nnc(C2CC2)n1-c1ccccc1)Nc1cccc2ccccc12. The Labute approximate surface area is 173 Å². The standard InChI is InChI=1S/C23H20N4OS/c28-21(24-20-12-6-8-16-7-4-5-11-19(16)20)15-29-23-26-25-22(17-13-14-17)27(23)18-9-2-1-3-10-18/h1-12,17H,13-15H2,(H,24,28). The smallest absolute Gasteiger partial charge is 0.234 e. The van der Waals surface area contributed by atoms with Gasteiger partial charge in [-0.15, -0.1) is 10.2 Å². The molecule has 29 heavy (non-hydrogen) atoms. The number of carbonyl (C=O) groups is 1. The Kier molecular flexibility index (Phi) is 4.77. The second-order valence-corrected chi connectivity index (χ2v) is 8.09. The fraction of sp³-hybridized carbons (Fsp3) is 0.174. The van der Waals surface area contributed by atoms with Crippen molar-refractivity contribution in [2.75, 3.05) is 11.1 Å². The molecule has 1 aromatic heterocycles. The number of carbonyl (C=O) groups excluding carboxylic acids is 1. The zero-order valence-electron chi connectivity index (χ0n) is 15.8. The van der Waals surface area contributed by atoms with Gasteiger partial charge in [-0.25, -0.2) is 0 Å². The van der Waals surface area contributed by atoms with Crippen LogP contribution in [-0.4, -0.2) is 26.4 Å². The molecule has 1 N–H and O–H groups in total. The molecule has 0 saturated heterocycles. The fourth-order valence-corrected chi connectivity index (χ4v) is 4.21. The normalized spacial score (nSPS) is 13.5. The van der Waals surface area contributed by atoms with Gasteiger partial charge in [-0.05, 0) is 36.4 Å². The monoisotopic (exact) mass is 400 g/mol. The number of nitrogens with zero attached hydrogens (tertiary/aromatic N) is 3. The van der Waals surface area contributed by atoms with Crippen molar-refractivity contribution in [1.29, 1.82) is 0 Å². The van der Waals surface area contributed by atoms with Crippen LogP contribution in [0.4, 0.5) is 5.69 Å². The molecule has 1 fully saturated rings. The van der Waals surface area contributed by atoms with E-state index < -0.39 is 0 Å². The highest BCUT2D eigenvalue weighted by molar-refractivity contribution is 7.99. The maximum atomic E-state index is 12.6. The number of fused-ring (bicyclic) bond motifs is 1. The highest BCUT2D eigenvalue weighted by Crippen LogP contribution is 2.41. The number of nitrogens with one attached hydrogen (secondary N) is 1. The van der Waals surface area contributed by atoms with Crippen molar-refractivity contribution in [1.82, 2.24) is 14.8 Å². The van der Waals surface area contributed by atoms with E-state index >= 15 is 0 Å². The Morgan fingerprint density at radius 2 is 1.72 bits per heavy atom. The number of rotatable bonds is 6. The Bertz CT molecular complexity index is 1160. The third-order valence-corrected chi connectivity index (χ3v) is 5.94. The van der Waals surface area contributed by atoms with Crippen LogP contribution < -0.4 is 5.32 Å². The van der Waals surface area contributed by atoms with Crippen LogP contribution in [0, 0.1) is 0 Å². The molecule has 1 aliphatic rings. The van der Waals surface area contributed by atoms with Gasteiger partial charge in [0.1, 0.15) is 5.82 Å². The van der Waals surface area contributed by atoms with E-state index in [-0.39, 0.29) is 11.7 Å². The first-order valence-electron chi connectivity index (χ1n) is 9.71. The minimum Gasteiger partial charge on any atom is -0.325 e. The molecule has 0 spiro atoms. The van der Waals surface area contributed by atoms with Crippen molar-refractivity contribution in [2.45, 2.75) is 23.9 Å². The molecular weight excluding hydrogens is 380 g/mol. The second-order valence-electron chi connectivity index (χ2n) is 7.15. The minimum absolute atomic E-state index is 0.0538. The first-order chi connectivity index (χ1) is 14.3. The average molecular weight is 401 g/mol. The predicted molar refractivity (Wildman–Crippen MR) is 117 cm³/mol. The third-order valence-electron chi connectivity index (χ3n) is 5.01. The molecule has 1 aliphatic carbocycles. The molecule has 5 rings (SSSR count). The van der Waals surface area contributed by atoms with Crippen LogP contribution in [0.2, 0.25) is 0 Å². The van der Waals surface area contributed by atoms with Gasteiger partial charge in [0.15, 0.2) is 5.16 Å². The van der Waals surface area contributed by atoms with Gasteiger partial charge in [-0.3, -0.25) is 9.36 Å². The Balaban J connectivity index is 1.34. The van der Waals surface area contributed by atoms with Gasteiger partial charge in [0.2, 0.25) is 5.91 Å². The molecule has 5 nitrogen and oxygen atoms in total. The highest BCUT2D eigenvalue weighted by atomic mass is 32.2. The summed E-state index contributed by atoms with van der Waals surface area (Å²) in [5, 5.41) is 14.7. The lowest BCUT2D eigenvalue weighted by molar-refractivity contribution is -0.113. The number of amides is 1. The number of anilines is 1. The molecule has 0 bridgehead atoms. The van der Waals surface area contributed by atoms with E-state index in [2.05, 4.69) is 32.2 Å². The number of aromatic nitrogens is 3. The van der Waals surface area contributed by atoms with E-state index in [1.54, 1.807) is 0 Å². The van der Waals surface area contributed by atoms with E-state index in [0.717, 1.165) is 46.0 Å². The summed E-state index contributed by atoms with van der Waals surface area (Å²) in [5.74, 6) is 1.69. The molecule has 144 valence electrons. The van der Waals surface area contributed by atoms with Crippen molar-refractivity contribution in [3.63, 3.8) is 0 Å². The van der Waals surface area contributed by atoms with Crippen molar-refractivity contribution in [2.24, 2.45) is 0 Å². The topological polar surface area (TPSA) is 59.8 Å². The molecule has 0 unspecified atom stereocenters. The van der Waals surface area contributed by atoms with Crippen LogP contribution in [0.1, 0.15) is 24.6 Å². The maximum absolute atomic E-state index is 12.6. The molecule has 1 amide bonds. The van der Waals surface area contributed by atoms with Gasteiger partial charge in [0.05, 0.1) is 5.75 Å². The first-order valence-corrected chi connectivity index (χ1v) is 10.7. The molecule has 4 aromatic rings. The van der Waals surface area contributed by atoms with Crippen LogP contribution in [0.25, 0.3) is 16.5 Å². The van der Waals surface area contributed by atoms with Crippen LogP contribution in [0.15, 0.2) is 78.0 Å². The Hall–Kier alpha value is -3.12. The van der Waals surface area contributed by atoms with Crippen molar-refractivity contribution in [3.8, 4) is 5.69 Å². The molecule has 0 radical (unpaired) electrons. The van der Waals surface area contributed by atoms with Crippen molar-refractivity contribution in [3.05, 3.63) is 78.6 Å². The zero-order valence-corrected chi connectivity index (χ0v) is 16.6. The fourth-order valence-electron chi connectivity index (χ4n) is 3.45. The zero-order chi connectivity index (χ0) is 19.6. The van der Waals surface area contributed by atoms with Crippen molar-refractivity contribution < 1.29 is 4.79 Å². The van der Waals surface area contributed by atoms with Crippen LogP contribution >= 0.6 is 11.8 Å². The van der Waals surface area contributed by atoms with Crippen LogP contribution in [0.3, 0.4) is 0 Å². The highest BCUT2D eigenvalue weighted by Gasteiger charge is 2.31. The van der Waals surface area contributed by atoms with E-state index in [9.17, 15) is 4.79 Å². The lowest BCUT2D eigenvalue weighted by Gasteiger charge is -2.10. The maximum Gasteiger partial charge on any atom is 0.234 e. The Morgan fingerprint density at radius 3 is 2.55 bits per heavy atom. The summed E-state index contributed by atoms with van der Waals surface area (Å²) in [5.41, 5.74) is 1.87. The van der Waals surface area contributed by atoms with Gasteiger partial charge < -0.3 is 5.32 Å². The largest absolute Gasteiger partial charge is 0.325 e. The Morgan fingerprint density at radius 1 is 0.966 bits per heavy atom. The number of hydrogen-bond donors (Lipinski definition) is 1. The summed E-state index contributed by atoms with van der Waals surface area (Å²) in [7, 11) is 0. The first kappa shape index (κ1) is 17.9. The van der Waals surface area contributed by atoms with E-state index in [1.807, 2.05) is 60.7 Å². The average Bonchev–Trinajstić information content (AvgIpc) is 3.52. The van der Waals surface area contributed by atoms with E-state index in [4.69, 9.17) is 0 Å². The van der Waals surface area contributed by atoms with Crippen molar-refractivity contribution >= 4 is 34.1 Å². The minimum atomic E-state index is -0.0538. The molecule has 0 aliphatic heterocycles. The number of thioether (sulfide) groups is 1. The summed E-state index contributed by atoms with van der Waals surface area (Å²) in [4.78, 5) is 12.6. The van der Waals surface area contributed by atoms with E-state index in [0.29, 0.717) is 5.92 Å². The quantitative estimate of drug-likeness (QED) is 0.461. The summed E-state index contributed by atoms with van der Waals surface area (Å²) in [6, 6.07) is 24.1. The summed E-state index contributed by atoms with van der Waals surface area (Å²) in [6.07, 6.45) is 2.30. The third kappa shape index (κ3) is 3.76. The van der Waals surface area contributed by atoms with Gasteiger partial charge >= 0.3 is 0 Å². The van der Waals surface area contributed by atoms with Gasteiger partial charge in [-0.1, -0.05) is 66.4 Å². The van der Waals surface area contributed by atoms with E-state index in [1.165, 1.54) is 11.8 Å². The molecule has 1 saturated carbocycles. The number of para-hydroxylation sites is 1. The molecular formula is C23H20N4OS. The van der Waals surface area contributed by atoms with Gasteiger partial charge in [0.25, 0.3) is 0 Å². The second kappa shape index (κ2) is 7.72. The molecule has 0 atom stereocenters. The summed E-state index contributed by atoms with van der Waals surface area (Å²) >= 11 is 1.42. The van der Waals surface area contributed by atoms with Crippen LogP contribution in [-0.2, 0) is 4.79 Å². The number of hydrogen-bond acceptors (Lipinski definition) is 4. The molecule has 1 heterocycles. The van der Waals surface area contributed by atoms with Gasteiger partial charge in [-0.2, -0.15) is 0 Å². The van der Waals surface area contributed by atoms with Gasteiger partial charge in [0, 0.05) is 22.7 Å². The molecule has 6 heteroatoms. The number of benzene rings is 3.